The molecule has 0 saturated heterocycles. The molecule has 0 atom stereocenters. The number of aryl methyl sites for hydroxylation is 1. The van der Waals surface area contributed by atoms with Gasteiger partial charge in [0.05, 0.1) is 10.6 Å². The van der Waals surface area contributed by atoms with Crippen molar-refractivity contribution in [3.63, 3.8) is 0 Å². The van der Waals surface area contributed by atoms with Crippen molar-refractivity contribution in [2.24, 2.45) is 0 Å². The van der Waals surface area contributed by atoms with Gasteiger partial charge in [-0.05, 0) is 30.0 Å². The van der Waals surface area contributed by atoms with Crippen LogP contribution in [0, 0.1) is 0 Å². The summed E-state index contributed by atoms with van der Waals surface area (Å²) in [5.74, 6) is 0.452. The molecule has 0 aliphatic rings. The van der Waals surface area contributed by atoms with Gasteiger partial charge >= 0.3 is 0 Å². The van der Waals surface area contributed by atoms with Crippen molar-refractivity contribution < 1.29 is 25.8 Å². The van der Waals surface area contributed by atoms with E-state index in [1.54, 1.807) is 0 Å². The van der Waals surface area contributed by atoms with Gasteiger partial charge < -0.3 is 8.94 Å². The zero-order valence-corrected chi connectivity index (χ0v) is 17.7. The van der Waals surface area contributed by atoms with E-state index in [0.717, 1.165) is 9.18 Å². The molecular formula is C16H19N3O6S3. The van der Waals surface area contributed by atoms with Crippen LogP contribution in [0.1, 0.15) is 18.1 Å². The van der Waals surface area contributed by atoms with Crippen molar-refractivity contribution >= 4 is 31.2 Å². The van der Waals surface area contributed by atoms with Crippen LogP contribution in [-0.2, 0) is 32.0 Å². The molecule has 3 aromatic rings. The zero-order chi connectivity index (χ0) is 20.4. The Kier molecular flexibility index (Phi) is 6.03. The fraction of sp³-hybridized carbons (Fsp3) is 0.375. The predicted molar refractivity (Wildman–Crippen MR) is 103 cm³/mol. The quantitative estimate of drug-likeness (QED) is 0.491. The molecule has 28 heavy (non-hydrogen) atoms. The van der Waals surface area contributed by atoms with Crippen molar-refractivity contribution in [3.05, 3.63) is 41.3 Å². The standard InChI is InChI=1S/C16H19N3O6S3/c1-19(2)28(22,23)15-8-7-12(24-15)11-27(20,21)10-4-6-14-17-16(18-25-14)13-5-3-9-26-13/h3,5,7-9H,4,6,10-11H2,1-2H3. The number of thiophene rings is 1. The third-order valence-electron chi connectivity index (χ3n) is 3.79. The van der Waals surface area contributed by atoms with Crippen molar-refractivity contribution in [1.29, 1.82) is 0 Å². The predicted octanol–water partition coefficient (Wildman–Crippen LogP) is 2.19. The molecule has 152 valence electrons. The maximum Gasteiger partial charge on any atom is 0.275 e. The minimum absolute atomic E-state index is 0.0817. The van der Waals surface area contributed by atoms with Crippen LogP contribution in [0.4, 0.5) is 0 Å². The molecule has 0 aliphatic carbocycles. The minimum Gasteiger partial charge on any atom is -0.447 e. The maximum atomic E-state index is 12.3. The number of rotatable bonds is 9. The third kappa shape index (κ3) is 4.87. The Labute approximate surface area is 167 Å². The van der Waals surface area contributed by atoms with Crippen LogP contribution in [0.2, 0.25) is 0 Å². The average molecular weight is 446 g/mol. The monoisotopic (exact) mass is 445 g/mol. The molecule has 0 saturated carbocycles. The first-order valence-corrected chi connectivity index (χ1v) is 12.4. The molecule has 0 amide bonds. The summed E-state index contributed by atoms with van der Waals surface area (Å²) in [5, 5.41) is 5.50. The molecule has 3 heterocycles. The molecule has 0 spiro atoms. The Hall–Kier alpha value is -2.02. The SMILES string of the molecule is CN(C)S(=O)(=O)c1ccc(CS(=O)(=O)CCCc2nc(-c3cccs3)no2)o1. The largest absolute Gasteiger partial charge is 0.447 e. The zero-order valence-electron chi connectivity index (χ0n) is 15.2. The van der Waals surface area contributed by atoms with Gasteiger partial charge in [-0.2, -0.15) is 4.98 Å². The van der Waals surface area contributed by atoms with E-state index in [9.17, 15) is 16.8 Å². The van der Waals surface area contributed by atoms with Crippen LogP contribution in [0.3, 0.4) is 0 Å². The van der Waals surface area contributed by atoms with E-state index in [0.29, 0.717) is 24.6 Å². The summed E-state index contributed by atoms with van der Waals surface area (Å²) < 4.78 is 59.9. The number of hydrogen-bond acceptors (Lipinski definition) is 9. The number of sulfonamides is 1. The second-order valence-electron chi connectivity index (χ2n) is 6.19. The number of sulfone groups is 1. The van der Waals surface area contributed by atoms with Gasteiger partial charge in [0, 0.05) is 20.5 Å². The summed E-state index contributed by atoms with van der Waals surface area (Å²) in [6.07, 6.45) is 0.633. The molecule has 0 unspecified atom stereocenters. The van der Waals surface area contributed by atoms with E-state index in [-0.39, 0.29) is 22.4 Å². The molecule has 0 aromatic carbocycles. The number of hydrogen-bond donors (Lipinski definition) is 0. The van der Waals surface area contributed by atoms with E-state index in [1.165, 1.54) is 37.6 Å². The van der Waals surface area contributed by atoms with E-state index in [4.69, 9.17) is 8.94 Å². The van der Waals surface area contributed by atoms with Crippen LogP contribution in [0.25, 0.3) is 10.7 Å². The lowest BCUT2D eigenvalue weighted by Crippen LogP contribution is -2.21. The van der Waals surface area contributed by atoms with Crippen LogP contribution >= 0.6 is 11.3 Å². The van der Waals surface area contributed by atoms with Gasteiger partial charge in [-0.15, -0.1) is 11.3 Å². The van der Waals surface area contributed by atoms with Crippen molar-refractivity contribution in [1.82, 2.24) is 14.4 Å². The first kappa shape index (κ1) is 20.7. The van der Waals surface area contributed by atoms with Gasteiger partial charge in [0.25, 0.3) is 10.0 Å². The molecule has 0 N–H and O–H groups in total. The van der Waals surface area contributed by atoms with E-state index in [2.05, 4.69) is 10.1 Å². The number of nitrogens with zero attached hydrogens (tertiary/aromatic N) is 3. The topological polar surface area (TPSA) is 124 Å². The molecule has 0 fully saturated rings. The first-order chi connectivity index (χ1) is 13.2. The van der Waals surface area contributed by atoms with Gasteiger partial charge in [0.15, 0.2) is 9.84 Å². The highest BCUT2D eigenvalue weighted by Crippen LogP contribution is 2.22. The smallest absolute Gasteiger partial charge is 0.275 e. The molecule has 9 nitrogen and oxygen atoms in total. The Morgan fingerprint density at radius 2 is 1.93 bits per heavy atom. The third-order valence-corrected chi connectivity index (χ3v) is 7.98. The lowest BCUT2D eigenvalue weighted by molar-refractivity contribution is 0.378. The van der Waals surface area contributed by atoms with Gasteiger partial charge in [-0.25, -0.2) is 21.1 Å². The van der Waals surface area contributed by atoms with Gasteiger partial charge in [0.2, 0.25) is 16.8 Å². The van der Waals surface area contributed by atoms with E-state index >= 15 is 0 Å². The summed E-state index contributed by atoms with van der Waals surface area (Å²) in [6.45, 7) is 0. The highest BCUT2D eigenvalue weighted by Gasteiger charge is 2.23. The molecular weight excluding hydrogens is 426 g/mol. The van der Waals surface area contributed by atoms with Crippen LogP contribution < -0.4 is 0 Å². The van der Waals surface area contributed by atoms with Crippen LogP contribution in [0.15, 0.2) is 43.7 Å². The van der Waals surface area contributed by atoms with Gasteiger partial charge in [-0.3, -0.25) is 0 Å². The summed E-state index contributed by atoms with van der Waals surface area (Å²) in [5.41, 5.74) is 0. The molecule has 3 rings (SSSR count). The van der Waals surface area contributed by atoms with Gasteiger partial charge in [0.1, 0.15) is 11.5 Å². The summed E-state index contributed by atoms with van der Waals surface area (Å²) in [4.78, 5) is 5.13. The highest BCUT2D eigenvalue weighted by molar-refractivity contribution is 7.90. The maximum absolute atomic E-state index is 12.3. The van der Waals surface area contributed by atoms with Crippen molar-refractivity contribution in [2.75, 3.05) is 19.8 Å². The van der Waals surface area contributed by atoms with Crippen molar-refractivity contribution in [2.45, 2.75) is 23.7 Å². The van der Waals surface area contributed by atoms with Crippen LogP contribution in [-0.4, -0.2) is 51.1 Å². The lowest BCUT2D eigenvalue weighted by Gasteiger charge is -2.07. The van der Waals surface area contributed by atoms with E-state index in [1.807, 2.05) is 17.5 Å². The average Bonchev–Trinajstić information content (AvgIpc) is 3.35. The first-order valence-electron chi connectivity index (χ1n) is 8.25. The Bertz CT molecular complexity index is 1130. The summed E-state index contributed by atoms with van der Waals surface area (Å²) in [6, 6.07) is 6.37. The Morgan fingerprint density at radius 3 is 2.61 bits per heavy atom. The second-order valence-corrected chi connectivity index (χ2v) is 11.4. The molecule has 0 bridgehead atoms. The number of furan rings is 1. The lowest BCUT2D eigenvalue weighted by atomic mass is 10.3. The van der Waals surface area contributed by atoms with Crippen LogP contribution in [0.5, 0.6) is 0 Å². The Balaban J connectivity index is 1.56. The summed E-state index contributed by atoms with van der Waals surface area (Å²) >= 11 is 1.49. The highest BCUT2D eigenvalue weighted by atomic mass is 32.2. The molecule has 0 aliphatic heterocycles. The molecule has 0 radical (unpaired) electrons. The normalized spacial score (nSPS) is 12.7. The van der Waals surface area contributed by atoms with Gasteiger partial charge in [-0.1, -0.05) is 11.2 Å². The second kappa shape index (κ2) is 8.15. The summed E-state index contributed by atoms with van der Waals surface area (Å²) in [7, 11) is -4.48. The molecule has 3 aromatic heterocycles. The minimum atomic E-state index is -3.74. The number of aromatic nitrogens is 2. The molecule has 12 heteroatoms. The van der Waals surface area contributed by atoms with Crippen molar-refractivity contribution in [3.8, 4) is 10.7 Å². The fourth-order valence-electron chi connectivity index (χ4n) is 2.35. The Morgan fingerprint density at radius 1 is 1.14 bits per heavy atom. The fourth-order valence-corrected chi connectivity index (χ4v) is 5.13. The van der Waals surface area contributed by atoms with E-state index < -0.39 is 19.9 Å².